The molecule has 0 radical (unpaired) electrons. The van der Waals surface area contributed by atoms with Crippen molar-refractivity contribution in [2.45, 2.75) is 32.1 Å². The van der Waals surface area contributed by atoms with Gasteiger partial charge in [0.25, 0.3) is 0 Å². The number of hydrogen-bond acceptors (Lipinski definition) is 2. The number of Topliss-reactive ketones (excluding diaryl/α,β-unsaturated/α-hetero) is 1. The lowest BCUT2D eigenvalue weighted by Gasteiger charge is -2.36. The van der Waals surface area contributed by atoms with Crippen LogP contribution in [0.25, 0.3) is 0 Å². The molecule has 3 nitrogen and oxygen atoms in total. The van der Waals surface area contributed by atoms with Gasteiger partial charge in [0.05, 0.1) is 0 Å². The van der Waals surface area contributed by atoms with Gasteiger partial charge >= 0.3 is 0 Å². The average Bonchev–Trinajstić information content (AvgIpc) is 2.47. The van der Waals surface area contributed by atoms with Crippen LogP contribution in [0.1, 0.15) is 37.7 Å². The number of benzene rings is 1. The van der Waals surface area contributed by atoms with Gasteiger partial charge in [0, 0.05) is 29.0 Å². The standard InChI is InChI=1S/C18H19NO2/c1-2-12-5-3-8-16(9-12)19-18(21)15-10-13-6-4-7-14(11-15)17(13)20/h1,3,5,8-9,13-15H,4,6-7,10-11H2,(H,19,21)/t13-,14+,15?. The summed E-state index contributed by atoms with van der Waals surface area (Å²) in [6, 6.07) is 7.31. The molecule has 1 unspecified atom stereocenters. The molecule has 0 heterocycles. The normalized spacial score (nSPS) is 27.8. The molecular formula is C18H19NO2. The zero-order valence-electron chi connectivity index (χ0n) is 12.0. The zero-order valence-corrected chi connectivity index (χ0v) is 12.0. The van der Waals surface area contributed by atoms with Gasteiger partial charge in [-0.05, 0) is 43.9 Å². The largest absolute Gasteiger partial charge is 0.326 e. The highest BCUT2D eigenvalue weighted by Crippen LogP contribution is 2.40. The maximum absolute atomic E-state index is 12.4. The van der Waals surface area contributed by atoms with Gasteiger partial charge in [-0.25, -0.2) is 0 Å². The minimum absolute atomic E-state index is 0.0218. The number of terminal acetylenes is 1. The predicted octanol–water partition coefficient (Wildman–Crippen LogP) is 3.00. The zero-order chi connectivity index (χ0) is 14.8. The molecule has 2 aliphatic carbocycles. The molecule has 2 aliphatic rings. The summed E-state index contributed by atoms with van der Waals surface area (Å²) in [6.07, 6.45) is 9.80. The Kier molecular flexibility index (Phi) is 3.79. The monoisotopic (exact) mass is 281 g/mol. The molecule has 1 amide bonds. The quantitative estimate of drug-likeness (QED) is 0.847. The van der Waals surface area contributed by atoms with Crippen molar-refractivity contribution < 1.29 is 9.59 Å². The molecule has 0 saturated heterocycles. The van der Waals surface area contributed by atoms with Gasteiger partial charge in [-0.15, -0.1) is 6.42 Å². The van der Waals surface area contributed by atoms with E-state index in [4.69, 9.17) is 6.42 Å². The summed E-state index contributed by atoms with van der Waals surface area (Å²) in [4.78, 5) is 24.5. The molecule has 1 aromatic rings. The number of amides is 1. The molecule has 1 aromatic carbocycles. The van der Waals surface area contributed by atoms with E-state index in [1.165, 1.54) is 0 Å². The van der Waals surface area contributed by atoms with Gasteiger partial charge in [-0.3, -0.25) is 9.59 Å². The Labute approximate surface area is 125 Å². The van der Waals surface area contributed by atoms with Crippen molar-refractivity contribution in [3.05, 3.63) is 29.8 Å². The summed E-state index contributed by atoms with van der Waals surface area (Å²) in [7, 11) is 0. The summed E-state index contributed by atoms with van der Waals surface area (Å²) >= 11 is 0. The topological polar surface area (TPSA) is 46.2 Å². The molecule has 21 heavy (non-hydrogen) atoms. The molecule has 2 saturated carbocycles. The lowest BCUT2D eigenvalue weighted by molar-refractivity contribution is -0.136. The third kappa shape index (κ3) is 2.85. The van der Waals surface area contributed by atoms with Crippen LogP contribution in [0.3, 0.4) is 0 Å². The summed E-state index contributed by atoms with van der Waals surface area (Å²) in [5.41, 5.74) is 1.49. The van der Waals surface area contributed by atoms with Crippen molar-refractivity contribution in [3.63, 3.8) is 0 Å². The van der Waals surface area contributed by atoms with E-state index in [1.54, 1.807) is 6.07 Å². The summed E-state index contributed by atoms with van der Waals surface area (Å²) < 4.78 is 0. The molecule has 0 aromatic heterocycles. The highest BCUT2D eigenvalue weighted by atomic mass is 16.2. The fraction of sp³-hybridized carbons (Fsp3) is 0.444. The van der Waals surface area contributed by atoms with E-state index in [-0.39, 0.29) is 23.7 Å². The molecule has 2 fully saturated rings. The maximum Gasteiger partial charge on any atom is 0.227 e. The number of rotatable bonds is 2. The molecule has 0 spiro atoms. The van der Waals surface area contributed by atoms with Gasteiger partial charge in [0.1, 0.15) is 5.78 Å². The number of carbonyl (C=O) groups excluding carboxylic acids is 2. The number of anilines is 1. The van der Waals surface area contributed by atoms with Crippen molar-refractivity contribution in [1.82, 2.24) is 0 Å². The minimum Gasteiger partial charge on any atom is -0.326 e. The third-order valence-electron chi connectivity index (χ3n) is 4.72. The second-order valence-electron chi connectivity index (χ2n) is 6.11. The van der Waals surface area contributed by atoms with Crippen LogP contribution in [0.2, 0.25) is 0 Å². The van der Waals surface area contributed by atoms with Crippen LogP contribution < -0.4 is 5.32 Å². The lowest BCUT2D eigenvalue weighted by atomic mass is 9.67. The predicted molar refractivity (Wildman–Crippen MR) is 81.6 cm³/mol. The summed E-state index contributed by atoms with van der Waals surface area (Å²) in [5, 5.41) is 2.94. The van der Waals surface area contributed by atoms with Crippen molar-refractivity contribution in [1.29, 1.82) is 0 Å². The maximum atomic E-state index is 12.4. The van der Waals surface area contributed by atoms with Gasteiger partial charge in [-0.2, -0.15) is 0 Å². The van der Waals surface area contributed by atoms with Gasteiger partial charge in [-0.1, -0.05) is 18.4 Å². The number of ketones is 1. The highest BCUT2D eigenvalue weighted by molar-refractivity contribution is 5.95. The van der Waals surface area contributed by atoms with Crippen LogP contribution in [-0.4, -0.2) is 11.7 Å². The van der Waals surface area contributed by atoms with E-state index < -0.39 is 0 Å². The molecule has 0 aliphatic heterocycles. The van der Waals surface area contributed by atoms with Crippen molar-refractivity contribution >= 4 is 17.4 Å². The van der Waals surface area contributed by atoms with E-state index in [1.807, 2.05) is 18.2 Å². The second-order valence-corrected chi connectivity index (χ2v) is 6.11. The average molecular weight is 281 g/mol. The number of fused-ring (bicyclic) bond motifs is 2. The van der Waals surface area contributed by atoms with Crippen LogP contribution >= 0.6 is 0 Å². The number of carbonyl (C=O) groups is 2. The first-order valence-electron chi connectivity index (χ1n) is 7.58. The third-order valence-corrected chi connectivity index (χ3v) is 4.72. The molecule has 1 N–H and O–H groups in total. The van der Waals surface area contributed by atoms with Crippen LogP contribution in [0.4, 0.5) is 5.69 Å². The van der Waals surface area contributed by atoms with Crippen molar-refractivity contribution in [2.24, 2.45) is 17.8 Å². The Bertz CT molecular complexity index is 598. The van der Waals surface area contributed by atoms with Crippen LogP contribution in [-0.2, 0) is 9.59 Å². The molecule has 3 heteroatoms. The molecule has 3 atom stereocenters. The highest BCUT2D eigenvalue weighted by Gasteiger charge is 2.41. The summed E-state index contributed by atoms with van der Waals surface area (Å²) in [5.74, 6) is 3.13. The fourth-order valence-corrected chi connectivity index (χ4v) is 3.62. The van der Waals surface area contributed by atoms with Crippen molar-refractivity contribution in [3.8, 4) is 12.3 Å². The Morgan fingerprint density at radius 2 is 1.95 bits per heavy atom. The van der Waals surface area contributed by atoms with Crippen molar-refractivity contribution in [2.75, 3.05) is 5.32 Å². The molecule has 2 bridgehead atoms. The molecule has 108 valence electrons. The minimum atomic E-state index is -0.0486. The Morgan fingerprint density at radius 3 is 2.62 bits per heavy atom. The van der Waals surface area contributed by atoms with E-state index >= 15 is 0 Å². The van der Waals surface area contributed by atoms with E-state index in [9.17, 15) is 9.59 Å². The smallest absolute Gasteiger partial charge is 0.227 e. The van der Waals surface area contributed by atoms with Gasteiger partial charge < -0.3 is 5.32 Å². The van der Waals surface area contributed by atoms with Crippen LogP contribution in [0, 0.1) is 30.1 Å². The Balaban J connectivity index is 1.68. The lowest BCUT2D eigenvalue weighted by Crippen LogP contribution is -2.40. The first kappa shape index (κ1) is 13.9. The van der Waals surface area contributed by atoms with Gasteiger partial charge in [0.2, 0.25) is 5.91 Å². The van der Waals surface area contributed by atoms with E-state index in [0.717, 1.165) is 30.5 Å². The first-order chi connectivity index (χ1) is 10.2. The van der Waals surface area contributed by atoms with Gasteiger partial charge in [0.15, 0.2) is 0 Å². The van der Waals surface area contributed by atoms with E-state index in [0.29, 0.717) is 18.6 Å². The number of nitrogens with one attached hydrogen (secondary N) is 1. The SMILES string of the molecule is C#Cc1cccc(NC(=O)C2C[C@H]3CCC[C@@H](C2)C3=O)c1. The Morgan fingerprint density at radius 1 is 1.24 bits per heavy atom. The summed E-state index contributed by atoms with van der Waals surface area (Å²) in [6.45, 7) is 0. The van der Waals surface area contributed by atoms with E-state index in [2.05, 4.69) is 11.2 Å². The van der Waals surface area contributed by atoms with Crippen LogP contribution in [0.15, 0.2) is 24.3 Å². The number of hydrogen-bond donors (Lipinski definition) is 1. The Hall–Kier alpha value is -2.08. The molecular weight excluding hydrogens is 262 g/mol. The first-order valence-corrected chi connectivity index (χ1v) is 7.58. The fourth-order valence-electron chi connectivity index (χ4n) is 3.62. The van der Waals surface area contributed by atoms with Crippen LogP contribution in [0.5, 0.6) is 0 Å². The molecule has 3 rings (SSSR count). The second kappa shape index (κ2) is 5.73.